The van der Waals surface area contributed by atoms with E-state index < -0.39 is 0 Å². The van der Waals surface area contributed by atoms with E-state index in [1.807, 2.05) is 10.1 Å². The van der Waals surface area contributed by atoms with Crippen LogP contribution in [-0.4, -0.2) is 21.4 Å². The molecule has 0 unspecified atom stereocenters. The second kappa shape index (κ2) is 5.16. The Hall–Kier alpha value is -1.86. The third-order valence-electron chi connectivity index (χ3n) is 3.70. The number of aromatic nitrogens is 3. The van der Waals surface area contributed by atoms with Crippen LogP contribution in [0.2, 0.25) is 0 Å². The average molecular weight is 303 g/mol. The van der Waals surface area contributed by atoms with Gasteiger partial charge in [0.05, 0.1) is 11.7 Å². The summed E-state index contributed by atoms with van der Waals surface area (Å²) < 4.78 is 15.0. The summed E-state index contributed by atoms with van der Waals surface area (Å²) in [5.74, 6) is 0.673. The zero-order chi connectivity index (χ0) is 14.2. The number of fused-ring (bicyclic) bond motifs is 1. The van der Waals surface area contributed by atoms with E-state index in [1.54, 1.807) is 12.1 Å². The Morgan fingerprint density at radius 3 is 2.86 bits per heavy atom. The second-order valence-electron chi connectivity index (χ2n) is 5.09. The molecule has 2 aliphatic heterocycles. The lowest BCUT2D eigenvalue weighted by Crippen LogP contribution is -2.24. The maximum Gasteiger partial charge on any atom is 0.214 e. The summed E-state index contributed by atoms with van der Waals surface area (Å²) in [6.07, 6.45) is 2.22. The van der Waals surface area contributed by atoms with Crippen molar-refractivity contribution in [3.8, 4) is 0 Å². The topological polar surface area (TPSA) is 54.8 Å². The van der Waals surface area contributed by atoms with Crippen LogP contribution in [0, 0.1) is 5.82 Å². The minimum absolute atomic E-state index is 0.233. The molecule has 7 heteroatoms. The number of thioether (sulfide) groups is 1. The first-order chi connectivity index (χ1) is 10.3. The van der Waals surface area contributed by atoms with Crippen molar-refractivity contribution in [2.75, 3.05) is 12.0 Å². The van der Waals surface area contributed by atoms with E-state index in [4.69, 9.17) is 0 Å². The fourth-order valence-corrected chi connectivity index (χ4v) is 3.36. The molecule has 1 saturated heterocycles. The van der Waals surface area contributed by atoms with E-state index in [0.717, 1.165) is 41.6 Å². The predicted molar refractivity (Wildman–Crippen MR) is 79.6 cm³/mol. The number of hydrogen-bond acceptors (Lipinski definition) is 5. The van der Waals surface area contributed by atoms with Gasteiger partial charge in [-0.15, -0.1) is 10.2 Å². The van der Waals surface area contributed by atoms with Gasteiger partial charge in [0, 0.05) is 11.0 Å². The van der Waals surface area contributed by atoms with Gasteiger partial charge in [0.25, 0.3) is 0 Å². The third kappa shape index (κ3) is 2.32. The van der Waals surface area contributed by atoms with Gasteiger partial charge in [0.15, 0.2) is 5.82 Å². The molecule has 0 saturated carbocycles. The first-order valence-corrected chi connectivity index (χ1v) is 7.78. The monoisotopic (exact) mass is 303 g/mol. The summed E-state index contributed by atoms with van der Waals surface area (Å²) in [5.41, 5.74) is 5.19. The largest absolute Gasteiger partial charge is 0.307 e. The summed E-state index contributed by atoms with van der Waals surface area (Å²) in [5, 5.41) is 14.7. The van der Waals surface area contributed by atoms with Gasteiger partial charge >= 0.3 is 0 Å². The molecule has 1 aromatic carbocycles. The summed E-state index contributed by atoms with van der Waals surface area (Å²) >= 11 is 1.52. The Morgan fingerprint density at radius 1 is 1.24 bits per heavy atom. The van der Waals surface area contributed by atoms with Crippen molar-refractivity contribution in [2.24, 2.45) is 0 Å². The molecule has 3 heterocycles. The van der Waals surface area contributed by atoms with E-state index in [-0.39, 0.29) is 11.9 Å². The first kappa shape index (κ1) is 12.8. The number of nitrogens with one attached hydrogen (secondary N) is 2. The van der Waals surface area contributed by atoms with E-state index in [1.165, 1.54) is 23.9 Å². The van der Waals surface area contributed by atoms with Crippen molar-refractivity contribution < 1.29 is 4.39 Å². The summed E-state index contributed by atoms with van der Waals surface area (Å²) in [6.45, 7) is 1.01. The highest BCUT2D eigenvalue weighted by molar-refractivity contribution is 8.02. The summed E-state index contributed by atoms with van der Waals surface area (Å²) in [4.78, 5) is 0. The molecule has 0 radical (unpaired) electrons. The molecule has 108 valence electrons. The average Bonchev–Trinajstić information content (AvgIpc) is 3.16. The quantitative estimate of drug-likeness (QED) is 0.893. The molecule has 0 aliphatic carbocycles. The maximum atomic E-state index is 13.0. The fourth-order valence-electron chi connectivity index (χ4n) is 2.61. The zero-order valence-electron chi connectivity index (χ0n) is 11.2. The molecule has 21 heavy (non-hydrogen) atoms. The van der Waals surface area contributed by atoms with Crippen LogP contribution in [0.3, 0.4) is 0 Å². The lowest BCUT2D eigenvalue weighted by atomic mass is 10.2. The van der Waals surface area contributed by atoms with Crippen molar-refractivity contribution in [1.29, 1.82) is 0 Å². The normalized spacial score (nSPS) is 20.8. The van der Waals surface area contributed by atoms with Crippen molar-refractivity contribution >= 4 is 17.5 Å². The van der Waals surface area contributed by atoms with Gasteiger partial charge in [-0.1, -0.05) is 11.8 Å². The van der Waals surface area contributed by atoms with Crippen LogP contribution in [-0.2, 0) is 0 Å². The molecule has 0 bridgehead atoms. The molecule has 1 fully saturated rings. The molecule has 2 aromatic rings. The van der Waals surface area contributed by atoms with Crippen LogP contribution in [0.1, 0.15) is 30.3 Å². The number of hydrogen-bond donors (Lipinski definition) is 2. The Bertz CT molecular complexity index is 688. The Labute approximate surface area is 125 Å². The Kier molecular flexibility index (Phi) is 3.16. The van der Waals surface area contributed by atoms with Gasteiger partial charge in [-0.05, 0) is 43.7 Å². The van der Waals surface area contributed by atoms with E-state index >= 15 is 0 Å². The van der Waals surface area contributed by atoms with E-state index in [9.17, 15) is 4.39 Å². The molecular formula is C14H14FN5S. The number of halogens is 1. The highest BCUT2D eigenvalue weighted by Crippen LogP contribution is 2.31. The summed E-state index contributed by atoms with van der Waals surface area (Å²) in [6, 6.07) is 6.69. The third-order valence-corrected chi connectivity index (χ3v) is 4.53. The minimum Gasteiger partial charge on any atom is -0.307 e. The van der Waals surface area contributed by atoms with Crippen LogP contribution < -0.4 is 10.7 Å². The van der Waals surface area contributed by atoms with Gasteiger partial charge in [0.2, 0.25) is 5.16 Å². The lowest BCUT2D eigenvalue weighted by molar-refractivity contribution is 0.577. The van der Waals surface area contributed by atoms with E-state index in [2.05, 4.69) is 20.9 Å². The maximum absolute atomic E-state index is 13.0. The number of nitrogens with zero attached hydrogens (tertiary/aromatic N) is 3. The van der Waals surface area contributed by atoms with Crippen molar-refractivity contribution in [1.82, 2.24) is 20.2 Å². The van der Waals surface area contributed by atoms with Gasteiger partial charge in [0.1, 0.15) is 5.82 Å². The Balaban J connectivity index is 1.64. The van der Waals surface area contributed by atoms with Gasteiger partial charge in [-0.2, -0.15) is 0 Å². The highest BCUT2D eigenvalue weighted by atomic mass is 32.2. The van der Waals surface area contributed by atoms with Crippen LogP contribution in [0.4, 0.5) is 4.39 Å². The smallest absolute Gasteiger partial charge is 0.214 e. The molecular weight excluding hydrogens is 289 g/mol. The van der Waals surface area contributed by atoms with Gasteiger partial charge in [-0.3, -0.25) is 5.43 Å². The second-order valence-corrected chi connectivity index (χ2v) is 5.93. The molecule has 2 aliphatic rings. The number of benzene rings is 1. The van der Waals surface area contributed by atoms with Crippen LogP contribution in [0.25, 0.3) is 5.70 Å². The molecule has 0 amide bonds. The molecule has 1 atom stereocenters. The predicted octanol–water partition coefficient (Wildman–Crippen LogP) is 2.49. The van der Waals surface area contributed by atoms with E-state index in [0.29, 0.717) is 0 Å². The van der Waals surface area contributed by atoms with Crippen molar-refractivity contribution in [3.05, 3.63) is 46.9 Å². The standard InChI is InChI=1S/C14H14FN5S/c15-10-5-3-9(4-6-10)12-8-21-14-18-17-13(20(14)19-12)11-2-1-7-16-11/h3-6,8,11,16,19H,1-2,7H2/t11-/m1/s1. The Morgan fingerprint density at radius 2 is 2.10 bits per heavy atom. The fraction of sp³-hybridized carbons (Fsp3) is 0.286. The highest BCUT2D eigenvalue weighted by Gasteiger charge is 2.26. The van der Waals surface area contributed by atoms with Gasteiger partial charge in [-0.25, -0.2) is 9.07 Å². The summed E-state index contributed by atoms with van der Waals surface area (Å²) in [7, 11) is 0. The van der Waals surface area contributed by atoms with Crippen molar-refractivity contribution in [2.45, 2.75) is 24.0 Å². The lowest BCUT2D eigenvalue weighted by Gasteiger charge is -2.20. The van der Waals surface area contributed by atoms with Crippen LogP contribution in [0.15, 0.2) is 34.8 Å². The van der Waals surface area contributed by atoms with Crippen LogP contribution >= 0.6 is 11.8 Å². The zero-order valence-corrected chi connectivity index (χ0v) is 12.0. The molecule has 5 nitrogen and oxygen atoms in total. The molecule has 2 N–H and O–H groups in total. The SMILES string of the molecule is Fc1ccc(C2=CSc3nnc([C@H]4CCCN4)n3N2)cc1. The molecule has 1 aromatic heterocycles. The minimum atomic E-state index is -0.233. The first-order valence-electron chi connectivity index (χ1n) is 6.90. The van der Waals surface area contributed by atoms with Crippen molar-refractivity contribution in [3.63, 3.8) is 0 Å². The van der Waals surface area contributed by atoms with Gasteiger partial charge < -0.3 is 5.32 Å². The molecule has 4 rings (SSSR count). The number of rotatable bonds is 2. The molecule has 0 spiro atoms. The van der Waals surface area contributed by atoms with Crippen LogP contribution in [0.5, 0.6) is 0 Å².